The molecule has 160 valence electrons. The van der Waals surface area contributed by atoms with Crippen molar-refractivity contribution in [2.45, 2.75) is 37.9 Å². The van der Waals surface area contributed by atoms with Crippen LogP contribution in [-0.4, -0.2) is 32.9 Å². The highest BCUT2D eigenvalue weighted by Gasteiger charge is 2.63. The molecule has 2 aromatic rings. The Morgan fingerprint density at radius 3 is 2.71 bits per heavy atom. The topological polar surface area (TPSA) is 91.6 Å². The molecule has 6 rings (SSSR count). The Morgan fingerprint density at radius 2 is 2.03 bits per heavy atom. The molecular weight excluding hydrogens is 408 g/mol. The van der Waals surface area contributed by atoms with E-state index < -0.39 is 40.4 Å². The summed E-state index contributed by atoms with van der Waals surface area (Å²) in [5, 5.41) is 13.7. The van der Waals surface area contributed by atoms with Crippen molar-refractivity contribution in [1.29, 1.82) is 0 Å². The Morgan fingerprint density at radius 1 is 1.23 bits per heavy atom. The fourth-order valence-corrected chi connectivity index (χ4v) is 5.80. The van der Waals surface area contributed by atoms with Gasteiger partial charge in [-0.3, -0.25) is 19.0 Å². The molecule has 2 N–H and O–H groups in total. The maximum Gasteiger partial charge on any atom is 0.296 e. The first kappa shape index (κ1) is 18.5. The van der Waals surface area contributed by atoms with Gasteiger partial charge in [-0.25, -0.2) is 8.78 Å². The summed E-state index contributed by atoms with van der Waals surface area (Å²) in [5.74, 6) is -2.57. The fraction of sp³-hybridized carbons (Fsp3) is 0.409. The van der Waals surface area contributed by atoms with E-state index in [-0.39, 0.29) is 42.2 Å². The Bertz CT molecular complexity index is 1260. The number of amides is 2. The minimum absolute atomic E-state index is 0.123. The number of nitrogens with zero attached hydrogens (tertiary/aromatic N) is 2. The van der Waals surface area contributed by atoms with Crippen LogP contribution in [0.4, 0.5) is 8.78 Å². The third kappa shape index (κ3) is 2.34. The summed E-state index contributed by atoms with van der Waals surface area (Å²) in [6, 6.07) is 3.10. The molecule has 1 unspecified atom stereocenters. The highest BCUT2D eigenvalue weighted by molar-refractivity contribution is 6.05. The third-order valence-electron chi connectivity index (χ3n) is 7.34. The van der Waals surface area contributed by atoms with E-state index in [1.54, 1.807) is 0 Å². The second-order valence-corrected chi connectivity index (χ2v) is 8.92. The van der Waals surface area contributed by atoms with Crippen molar-refractivity contribution in [3.63, 3.8) is 0 Å². The van der Waals surface area contributed by atoms with E-state index >= 15 is 0 Å². The number of nitrogens with one attached hydrogen (secondary N) is 1. The standard InChI is InChI=1S/C22H19F2N3O4/c23-12-2-1-11(15(24)8-12)9-26-6-4-13-16(20(26)30)18(28)21(31)27-17(13)19(29)25-22(27)5-3-10-7-14(10)22/h1-2,8,10,14,28H,3-7,9H2,(H,25,29)/t10-,14+,22?/m1/s1. The molecule has 31 heavy (non-hydrogen) atoms. The number of aromatic nitrogens is 1. The van der Waals surface area contributed by atoms with Crippen molar-refractivity contribution in [1.82, 2.24) is 14.8 Å². The molecule has 2 aliphatic carbocycles. The number of hydrogen-bond acceptors (Lipinski definition) is 4. The molecule has 0 saturated heterocycles. The first-order valence-corrected chi connectivity index (χ1v) is 10.4. The number of carbonyl (C=O) groups is 2. The largest absolute Gasteiger partial charge is 0.502 e. The zero-order chi connectivity index (χ0) is 21.7. The van der Waals surface area contributed by atoms with Gasteiger partial charge in [0.1, 0.15) is 23.0 Å². The van der Waals surface area contributed by atoms with Crippen LogP contribution < -0.4 is 10.9 Å². The number of rotatable bonds is 2. The lowest BCUT2D eigenvalue weighted by molar-refractivity contribution is 0.0719. The summed E-state index contributed by atoms with van der Waals surface area (Å²) < 4.78 is 28.7. The van der Waals surface area contributed by atoms with Crippen LogP contribution in [0.2, 0.25) is 0 Å². The van der Waals surface area contributed by atoms with Gasteiger partial charge in [-0.1, -0.05) is 6.07 Å². The lowest BCUT2D eigenvalue weighted by atomic mass is 9.95. The summed E-state index contributed by atoms with van der Waals surface area (Å²) in [6.07, 6.45) is 2.71. The number of halogens is 2. The van der Waals surface area contributed by atoms with E-state index in [0.29, 0.717) is 17.9 Å². The molecule has 3 atom stereocenters. The van der Waals surface area contributed by atoms with Crippen LogP contribution in [0, 0.1) is 23.5 Å². The molecule has 0 bridgehead atoms. The van der Waals surface area contributed by atoms with Crippen molar-refractivity contribution in [2.75, 3.05) is 6.54 Å². The molecule has 7 nitrogen and oxygen atoms in total. The quantitative estimate of drug-likeness (QED) is 0.766. The molecule has 2 aliphatic heterocycles. The van der Waals surface area contributed by atoms with Crippen molar-refractivity contribution in [2.24, 2.45) is 11.8 Å². The molecule has 1 spiro atoms. The second kappa shape index (κ2) is 5.93. The molecule has 2 amide bonds. The van der Waals surface area contributed by atoms with Gasteiger partial charge in [0, 0.05) is 36.2 Å². The first-order chi connectivity index (χ1) is 14.8. The Hall–Kier alpha value is -3.23. The number of benzene rings is 1. The highest BCUT2D eigenvalue weighted by atomic mass is 19.1. The summed E-state index contributed by atoms with van der Waals surface area (Å²) in [6.45, 7) is 0.0434. The normalized spacial score (nSPS) is 27.9. The molecule has 9 heteroatoms. The fourth-order valence-electron chi connectivity index (χ4n) is 5.80. The zero-order valence-electron chi connectivity index (χ0n) is 16.5. The van der Waals surface area contributed by atoms with Crippen molar-refractivity contribution < 1.29 is 23.5 Å². The van der Waals surface area contributed by atoms with Crippen molar-refractivity contribution in [3.8, 4) is 5.75 Å². The minimum atomic E-state index is -0.807. The van der Waals surface area contributed by atoms with Gasteiger partial charge in [-0.2, -0.15) is 0 Å². The zero-order valence-corrected chi connectivity index (χ0v) is 16.5. The average molecular weight is 427 g/mol. The maximum atomic E-state index is 14.1. The summed E-state index contributed by atoms with van der Waals surface area (Å²) in [5.41, 5.74) is -1.11. The van der Waals surface area contributed by atoms with Gasteiger partial charge in [0.05, 0.1) is 5.56 Å². The lowest BCUT2D eigenvalue weighted by Gasteiger charge is -2.32. The van der Waals surface area contributed by atoms with E-state index in [4.69, 9.17) is 0 Å². The monoisotopic (exact) mass is 427 g/mol. The van der Waals surface area contributed by atoms with Crippen LogP contribution in [0.3, 0.4) is 0 Å². The number of aromatic hydroxyl groups is 1. The molecule has 0 radical (unpaired) electrons. The number of carbonyl (C=O) groups excluding carboxylic acids is 2. The van der Waals surface area contributed by atoms with E-state index in [2.05, 4.69) is 5.32 Å². The molecular formula is C22H19F2N3O4. The van der Waals surface area contributed by atoms with Gasteiger partial charge in [-0.15, -0.1) is 0 Å². The molecule has 1 aromatic carbocycles. The Labute approximate surface area is 175 Å². The number of hydrogen-bond donors (Lipinski definition) is 2. The summed E-state index contributed by atoms with van der Waals surface area (Å²) in [7, 11) is 0. The molecule has 1 aromatic heterocycles. The molecule has 2 saturated carbocycles. The van der Waals surface area contributed by atoms with E-state index in [0.717, 1.165) is 25.0 Å². The minimum Gasteiger partial charge on any atom is -0.502 e. The molecule has 3 heterocycles. The van der Waals surface area contributed by atoms with Gasteiger partial charge in [-0.05, 0) is 37.7 Å². The molecule has 4 aliphatic rings. The number of pyridine rings is 1. The van der Waals surface area contributed by atoms with Crippen LogP contribution in [-0.2, 0) is 18.6 Å². The van der Waals surface area contributed by atoms with E-state index in [9.17, 15) is 28.3 Å². The van der Waals surface area contributed by atoms with Gasteiger partial charge in [0.25, 0.3) is 17.4 Å². The van der Waals surface area contributed by atoms with Gasteiger partial charge < -0.3 is 15.3 Å². The smallest absolute Gasteiger partial charge is 0.296 e. The first-order valence-electron chi connectivity index (χ1n) is 10.4. The Balaban J connectivity index is 1.44. The summed E-state index contributed by atoms with van der Waals surface area (Å²) >= 11 is 0. The van der Waals surface area contributed by atoms with Gasteiger partial charge in [0.15, 0.2) is 5.75 Å². The van der Waals surface area contributed by atoms with E-state index in [1.165, 1.54) is 15.5 Å². The third-order valence-corrected chi connectivity index (χ3v) is 7.34. The van der Waals surface area contributed by atoms with Gasteiger partial charge in [0.2, 0.25) is 0 Å². The second-order valence-electron chi connectivity index (χ2n) is 8.92. The lowest BCUT2D eigenvalue weighted by Crippen LogP contribution is -2.48. The predicted octanol–water partition coefficient (Wildman–Crippen LogP) is 1.86. The predicted molar refractivity (Wildman–Crippen MR) is 103 cm³/mol. The van der Waals surface area contributed by atoms with Crippen molar-refractivity contribution >= 4 is 11.8 Å². The van der Waals surface area contributed by atoms with Crippen LogP contribution >= 0.6 is 0 Å². The van der Waals surface area contributed by atoms with Crippen LogP contribution in [0.25, 0.3) is 0 Å². The Kier molecular flexibility index (Phi) is 3.54. The van der Waals surface area contributed by atoms with Crippen LogP contribution in [0.15, 0.2) is 23.0 Å². The maximum absolute atomic E-state index is 14.1. The average Bonchev–Trinajstić information content (AvgIpc) is 3.36. The number of fused-ring (bicyclic) bond motifs is 6. The SMILES string of the molecule is O=C1NC2(CC[C@@H]3C[C@@H]32)n2c1c1c(c(O)c2=O)C(=O)N(Cc2ccc(F)cc2F)CC1. The van der Waals surface area contributed by atoms with Gasteiger partial charge >= 0.3 is 0 Å². The van der Waals surface area contributed by atoms with Crippen molar-refractivity contribution in [3.05, 3.63) is 62.6 Å². The molecule has 2 fully saturated rings. The van der Waals surface area contributed by atoms with E-state index in [1.807, 2.05) is 0 Å². The summed E-state index contributed by atoms with van der Waals surface area (Å²) in [4.78, 5) is 40.5. The highest BCUT2D eigenvalue weighted by Crippen LogP contribution is 2.61. The van der Waals surface area contributed by atoms with Crippen LogP contribution in [0.1, 0.15) is 51.2 Å². The van der Waals surface area contributed by atoms with Crippen LogP contribution in [0.5, 0.6) is 5.75 Å².